The quantitative estimate of drug-likeness (QED) is 0.918. The minimum atomic E-state index is -0.925. The summed E-state index contributed by atoms with van der Waals surface area (Å²) in [7, 11) is 1.59. The van der Waals surface area contributed by atoms with Gasteiger partial charge >= 0.3 is 6.09 Å². The van der Waals surface area contributed by atoms with Crippen molar-refractivity contribution in [3.05, 3.63) is 42.5 Å². The standard InChI is InChI=1S/C17H19N3O3/c1-12-15(13-3-7-18-8-4-13)9-14(10-19-12)23-11-17(5-6-17)20(2)16(21)22/h3-4,7-10H,5-6,11H2,1-2H3,(H,21,22). The summed E-state index contributed by atoms with van der Waals surface area (Å²) in [6, 6.07) is 5.79. The number of rotatable bonds is 5. The third kappa shape index (κ3) is 3.11. The van der Waals surface area contributed by atoms with Crippen LogP contribution < -0.4 is 4.74 Å². The van der Waals surface area contributed by atoms with Crippen LogP contribution in [0.1, 0.15) is 18.5 Å². The van der Waals surface area contributed by atoms with Crippen LogP contribution in [0.15, 0.2) is 36.8 Å². The molecule has 1 aliphatic carbocycles. The van der Waals surface area contributed by atoms with Crippen molar-refractivity contribution in [2.75, 3.05) is 13.7 Å². The van der Waals surface area contributed by atoms with Crippen molar-refractivity contribution in [2.45, 2.75) is 25.3 Å². The van der Waals surface area contributed by atoms with Gasteiger partial charge in [-0.25, -0.2) is 4.79 Å². The number of hydrogen-bond acceptors (Lipinski definition) is 4. The molecule has 120 valence electrons. The zero-order valence-corrected chi connectivity index (χ0v) is 13.2. The van der Waals surface area contributed by atoms with E-state index in [1.54, 1.807) is 25.6 Å². The highest BCUT2D eigenvalue weighted by Crippen LogP contribution is 2.41. The van der Waals surface area contributed by atoms with Gasteiger partial charge in [0.1, 0.15) is 12.4 Å². The topological polar surface area (TPSA) is 75.5 Å². The summed E-state index contributed by atoms with van der Waals surface area (Å²) >= 11 is 0. The van der Waals surface area contributed by atoms with E-state index in [-0.39, 0.29) is 0 Å². The van der Waals surface area contributed by atoms with Crippen LogP contribution in [0.2, 0.25) is 0 Å². The maximum absolute atomic E-state index is 11.1. The largest absolute Gasteiger partial charge is 0.490 e. The summed E-state index contributed by atoms with van der Waals surface area (Å²) in [6.07, 6.45) is 5.88. The molecule has 0 unspecified atom stereocenters. The van der Waals surface area contributed by atoms with Gasteiger partial charge in [-0.1, -0.05) is 0 Å². The first-order valence-electron chi connectivity index (χ1n) is 7.48. The molecule has 1 amide bonds. The second-order valence-electron chi connectivity index (χ2n) is 5.89. The van der Waals surface area contributed by atoms with E-state index in [2.05, 4.69) is 9.97 Å². The van der Waals surface area contributed by atoms with Gasteiger partial charge in [0.25, 0.3) is 0 Å². The van der Waals surface area contributed by atoms with Crippen LogP contribution >= 0.6 is 0 Å². The van der Waals surface area contributed by atoms with Gasteiger partial charge in [0.05, 0.1) is 11.7 Å². The van der Waals surface area contributed by atoms with Crippen LogP contribution in [-0.2, 0) is 0 Å². The molecule has 0 spiro atoms. The molecule has 2 aromatic rings. The SMILES string of the molecule is Cc1ncc(OCC2(N(C)C(=O)O)CC2)cc1-c1ccncc1. The molecule has 1 N–H and O–H groups in total. The number of nitrogens with zero attached hydrogens (tertiary/aromatic N) is 3. The van der Waals surface area contributed by atoms with Crippen LogP contribution in [0, 0.1) is 6.92 Å². The van der Waals surface area contributed by atoms with Crippen molar-refractivity contribution in [2.24, 2.45) is 0 Å². The summed E-state index contributed by atoms with van der Waals surface area (Å²) in [5.41, 5.74) is 2.53. The van der Waals surface area contributed by atoms with Gasteiger partial charge in [-0.3, -0.25) is 9.97 Å². The zero-order valence-electron chi connectivity index (χ0n) is 13.2. The minimum absolute atomic E-state index is 0.344. The van der Waals surface area contributed by atoms with Crippen LogP contribution in [0.3, 0.4) is 0 Å². The van der Waals surface area contributed by atoms with E-state index in [0.29, 0.717) is 12.4 Å². The Labute approximate surface area is 134 Å². The maximum atomic E-state index is 11.1. The van der Waals surface area contributed by atoms with E-state index < -0.39 is 11.6 Å². The van der Waals surface area contributed by atoms with E-state index >= 15 is 0 Å². The lowest BCUT2D eigenvalue weighted by atomic mass is 10.1. The van der Waals surface area contributed by atoms with Gasteiger partial charge in [0.15, 0.2) is 0 Å². The molecule has 1 saturated carbocycles. The molecular formula is C17H19N3O3. The van der Waals surface area contributed by atoms with Crippen molar-refractivity contribution < 1.29 is 14.6 Å². The normalized spacial score (nSPS) is 15.0. The third-order valence-electron chi connectivity index (χ3n) is 4.39. The Bertz CT molecular complexity index is 714. The number of carbonyl (C=O) groups is 1. The van der Waals surface area contributed by atoms with Gasteiger partial charge < -0.3 is 14.7 Å². The maximum Gasteiger partial charge on any atom is 0.407 e. The molecule has 23 heavy (non-hydrogen) atoms. The number of pyridine rings is 2. The zero-order chi connectivity index (χ0) is 16.4. The first-order valence-corrected chi connectivity index (χ1v) is 7.48. The molecule has 2 heterocycles. The van der Waals surface area contributed by atoms with E-state index in [1.807, 2.05) is 25.1 Å². The molecule has 0 saturated heterocycles. The number of amides is 1. The molecule has 0 aliphatic heterocycles. The minimum Gasteiger partial charge on any atom is -0.490 e. The van der Waals surface area contributed by atoms with Crippen molar-refractivity contribution in [1.29, 1.82) is 0 Å². The number of ether oxygens (including phenoxy) is 1. The van der Waals surface area contributed by atoms with Crippen molar-refractivity contribution in [3.63, 3.8) is 0 Å². The summed E-state index contributed by atoms with van der Waals surface area (Å²) in [5.74, 6) is 0.646. The molecule has 1 aliphatic rings. The van der Waals surface area contributed by atoms with E-state index in [4.69, 9.17) is 9.84 Å². The smallest absolute Gasteiger partial charge is 0.407 e. The Morgan fingerprint density at radius 1 is 1.39 bits per heavy atom. The molecule has 6 heteroatoms. The molecular weight excluding hydrogens is 294 g/mol. The molecule has 0 aromatic carbocycles. The second-order valence-corrected chi connectivity index (χ2v) is 5.89. The lowest BCUT2D eigenvalue weighted by Gasteiger charge is -2.25. The van der Waals surface area contributed by atoms with Crippen molar-refractivity contribution in [1.82, 2.24) is 14.9 Å². The Kier molecular flexibility index (Phi) is 3.90. The molecule has 0 bridgehead atoms. The average molecular weight is 313 g/mol. The average Bonchev–Trinajstić information content (AvgIpc) is 3.35. The highest BCUT2D eigenvalue weighted by molar-refractivity contribution is 5.67. The second kappa shape index (κ2) is 5.87. The Morgan fingerprint density at radius 3 is 2.70 bits per heavy atom. The van der Waals surface area contributed by atoms with Crippen LogP contribution in [0.25, 0.3) is 11.1 Å². The number of hydrogen-bond donors (Lipinski definition) is 1. The fraction of sp³-hybridized carbons (Fsp3) is 0.353. The summed E-state index contributed by atoms with van der Waals surface area (Å²) in [4.78, 5) is 20.9. The highest BCUT2D eigenvalue weighted by Gasteiger charge is 2.49. The summed E-state index contributed by atoms with van der Waals surface area (Å²) in [5, 5.41) is 9.14. The number of aromatic nitrogens is 2. The van der Waals surface area contributed by atoms with Gasteiger partial charge in [-0.2, -0.15) is 0 Å². The highest BCUT2D eigenvalue weighted by atomic mass is 16.5. The Hall–Kier alpha value is -2.63. The third-order valence-corrected chi connectivity index (χ3v) is 4.39. The lowest BCUT2D eigenvalue weighted by Crippen LogP contribution is -2.42. The van der Waals surface area contributed by atoms with Gasteiger partial charge in [-0.15, -0.1) is 0 Å². The van der Waals surface area contributed by atoms with Crippen molar-refractivity contribution in [3.8, 4) is 16.9 Å². The first-order chi connectivity index (χ1) is 11.0. The fourth-order valence-corrected chi connectivity index (χ4v) is 2.56. The monoisotopic (exact) mass is 313 g/mol. The molecule has 3 rings (SSSR count). The van der Waals surface area contributed by atoms with E-state index in [0.717, 1.165) is 29.7 Å². The van der Waals surface area contributed by atoms with Crippen LogP contribution in [0.5, 0.6) is 5.75 Å². The number of likely N-dealkylation sites (N-methyl/N-ethyl adjacent to an activating group) is 1. The summed E-state index contributed by atoms with van der Waals surface area (Å²) < 4.78 is 5.84. The van der Waals surface area contributed by atoms with Gasteiger partial charge in [0.2, 0.25) is 0 Å². The molecule has 1 fully saturated rings. The van der Waals surface area contributed by atoms with E-state index in [9.17, 15) is 4.79 Å². The fourth-order valence-electron chi connectivity index (χ4n) is 2.56. The predicted octanol–water partition coefficient (Wildman–Crippen LogP) is 2.97. The van der Waals surface area contributed by atoms with Crippen molar-refractivity contribution >= 4 is 6.09 Å². The Balaban J connectivity index is 1.76. The molecule has 6 nitrogen and oxygen atoms in total. The Morgan fingerprint density at radius 2 is 2.09 bits per heavy atom. The van der Waals surface area contributed by atoms with Crippen LogP contribution in [-0.4, -0.2) is 45.3 Å². The first kappa shape index (κ1) is 15.3. The number of aryl methyl sites for hydroxylation is 1. The van der Waals surface area contributed by atoms with E-state index in [1.165, 1.54) is 4.90 Å². The molecule has 2 aromatic heterocycles. The van der Waals surface area contributed by atoms with Gasteiger partial charge in [0, 0.05) is 30.7 Å². The molecule has 0 radical (unpaired) electrons. The molecule has 0 atom stereocenters. The summed E-state index contributed by atoms with van der Waals surface area (Å²) in [6.45, 7) is 2.29. The predicted molar refractivity (Wildman–Crippen MR) is 85.5 cm³/mol. The lowest BCUT2D eigenvalue weighted by molar-refractivity contribution is 0.109. The van der Waals surface area contributed by atoms with Gasteiger partial charge in [-0.05, 0) is 43.5 Å². The number of carboxylic acid groups (broad SMARTS) is 1. The van der Waals surface area contributed by atoms with Crippen LogP contribution in [0.4, 0.5) is 4.79 Å².